The van der Waals surface area contributed by atoms with Crippen molar-refractivity contribution in [1.29, 1.82) is 0 Å². The fourth-order valence-electron chi connectivity index (χ4n) is 0.666. The maximum atomic E-state index is 12.7. The summed E-state index contributed by atoms with van der Waals surface area (Å²) in [6.45, 7) is 0. The van der Waals surface area contributed by atoms with Crippen LogP contribution in [0, 0.1) is 5.82 Å². The number of halogens is 3. The molecule has 0 heterocycles. The highest BCUT2D eigenvalue weighted by Crippen LogP contribution is 2.33. The molecule has 0 radical (unpaired) electrons. The third-order valence-electron chi connectivity index (χ3n) is 1.22. The molecule has 0 atom stereocenters. The van der Waals surface area contributed by atoms with E-state index in [9.17, 15) is 4.39 Å². The molecule has 4 heteroatoms. The summed E-state index contributed by atoms with van der Waals surface area (Å²) >= 11 is 10.3. The molecule has 1 aromatic carbocycles. The molecule has 11 heavy (non-hydrogen) atoms. The van der Waals surface area contributed by atoms with Crippen molar-refractivity contribution >= 4 is 39.3 Å². The maximum absolute atomic E-state index is 12.7. The lowest BCUT2D eigenvalue weighted by Crippen LogP contribution is -1.80. The van der Waals surface area contributed by atoms with Gasteiger partial charge in [0.1, 0.15) is 5.82 Å². The second kappa shape index (κ2) is 3.78. The van der Waals surface area contributed by atoms with Crippen LogP contribution in [0.5, 0.6) is 0 Å². The van der Waals surface area contributed by atoms with Crippen LogP contribution in [0.4, 0.5) is 4.39 Å². The first-order chi connectivity index (χ1) is 5.16. The van der Waals surface area contributed by atoms with Crippen LogP contribution in [0.2, 0.25) is 5.02 Å². The largest absolute Gasteiger partial charge is 0.205 e. The highest BCUT2D eigenvalue weighted by molar-refractivity contribution is 9.10. The first-order valence-corrected chi connectivity index (χ1v) is 5.24. The quantitative estimate of drug-likeness (QED) is 0.541. The monoisotopic (exact) mass is 254 g/mol. The normalized spacial score (nSPS) is 10.2. The van der Waals surface area contributed by atoms with Gasteiger partial charge >= 0.3 is 0 Å². The first kappa shape index (κ1) is 9.36. The summed E-state index contributed by atoms with van der Waals surface area (Å²) in [5.41, 5.74) is 0. The molecular formula is C7H5BrClFS. The van der Waals surface area contributed by atoms with Gasteiger partial charge in [-0.15, -0.1) is 11.8 Å². The Balaban J connectivity index is 3.25. The zero-order valence-corrected chi connectivity index (χ0v) is 8.86. The third-order valence-corrected chi connectivity index (χ3v) is 3.68. The van der Waals surface area contributed by atoms with Crippen LogP contribution in [-0.4, -0.2) is 6.26 Å². The Morgan fingerprint density at radius 1 is 1.55 bits per heavy atom. The first-order valence-electron chi connectivity index (χ1n) is 2.84. The predicted molar refractivity (Wildman–Crippen MR) is 50.9 cm³/mol. The van der Waals surface area contributed by atoms with E-state index in [1.54, 1.807) is 6.07 Å². The summed E-state index contributed by atoms with van der Waals surface area (Å²) < 4.78 is 13.4. The Kier molecular flexibility index (Phi) is 3.22. The molecule has 0 aromatic heterocycles. The van der Waals surface area contributed by atoms with Crippen LogP contribution in [-0.2, 0) is 0 Å². The molecule has 60 valence electrons. The molecule has 1 aromatic rings. The van der Waals surface area contributed by atoms with Crippen LogP contribution in [0.3, 0.4) is 0 Å². The van der Waals surface area contributed by atoms with E-state index in [0.717, 1.165) is 4.90 Å². The van der Waals surface area contributed by atoms with Gasteiger partial charge in [-0.25, -0.2) is 4.39 Å². The molecule has 0 fully saturated rings. The van der Waals surface area contributed by atoms with Crippen molar-refractivity contribution in [1.82, 2.24) is 0 Å². The Labute approximate surface area is 82.3 Å². The van der Waals surface area contributed by atoms with E-state index in [0.29, 0.717) is 4.47 Å². The van der Waals surface area contributed by atoms with Crippen molar-refractivity contribution in [2.24, 2.45) is 0 Å². The van der Waals surface area contributed by atoms with Crippen molar-refractivity contribution in [2.45, 2.75) is 4.90 Å². The van der Waals surface area contributed by atoms with Crippen molar-refractivity contribution in [3.05, 3.63) is 27.4 Å². The SMILES string of the molecule is CSc1ccc(F)c(Cl)c1Br. The molecule has 0 amide bonds. The summed E-state index contributed by atoms with van der Waals surface area (Å²) in [4.78, 5) is 0.941. The van der Waals surface area contributed by atoms with Crippen molar-refractivity contribution in [3.8, 4) is 0 Å². The molecule has 0 unspecified atom stereocenters. The lowest BCUT2D eigenvalue weighted by Gasteiger charge is -2.02. The van der Waals surface area contributed by atoms with Gasteiger partial charge < -0.3 is 0 Å². The van der Waals surface area contributed by atoms with Crippen molar-refractivity contribution < 1.29 is 4.39 Å². The highest BCUT2D eigenvalue weighted by atomic mass is 79.9. The standard InChI is InChI=1S/C7H5BrClFS/c1-11-5-3-2-4(10)7(9)6(5)8/h2-3H,1H3. The molecule has 0 aliphatic carbocycles. The minimum Gasteiger partial charge on any atom is -0.205 e. The Morgan fingerprint density at radius 2 is 2.18 bits per heavy atom. The molecule has 1 rings (SSSR count). The Bertz CT molecular complexity index is 277. The zero-order valence-electron chi connectivity index (χ0n) is 5.70. The number of benzene rings is 1. The van der Waals surface area contributed by atoms with Gasteiger partial charge in [0.15, 0.2) is 0 Å². The predicted octanol–water partition coefficient (Wildman–Crippen LogP) is 3.96. The van der Waals surface area contributed by atoms with Gasteiger partial charge in [0.2, 0.25) is 0 Å². The second-order valence-corrected chi connectivity index (χ2v) is 3.90. The molecule has 0 saturated carbocycles. The Hall–Kier alpha value is 0.270. The van der Waals surface area contributed by atoms with Gasteiger partial charge in [-0.05, 0) is 34.3 Å². The van der Waals surface area contributed by atoms with E-state index < -0.39 is 5.82 Å². The molecule has 0 bridgehead atoms. The summed E-state index contributed by atoms with van der Waals surface area (Å²) in [5.74, 6) is -0.392. The summed E-state index contributed by atoms with van der Waals surface area (Å²) in [6.07, 6.45) is 1.91. The van der Waals surface area contributed by atoms with E-state index >= 15 is 0 Å². The third kappa shape index (κ3) is 1.89. The maximum Gasteiger partial charge on any atom is 0.143 e. The lowest BCUT2D eigenvalue weighted by atomic mass is 10.3. The van der Waals surface area contributed by atoms with Crippen molar-refractivity contribution in [2.75, 3.05) is 6.26 Å². The van der Waals surface area contributed by atoms with Gasteiger partial charge in [-0.1, -0.05) is 11.6 Å². The molecule has 0 saturated heterocycles. The second-order valence-electron chi connectivity index (χ2n) is 1.88. The van der Waals surface area contributed by atoms with Gasteiger partial charge in [-0.3, -0.25) is 0 Å². The average Bonchev–Trinajstić information content (AvgIpc) is 2.01. The minimum absolute atomic E-state index is 0.150. The average molecular weight is 256 g/mol. The fourth-order valence-corrected chi connectivity index (χ4v) is 2.18. The van der Waals surface area contributed by atoms with E-state index in [1.807, 2.05) is 6.26 Å². The number of hydrogen-bond acceptors (Lipinski definition) is 1. The summed E-state index contributed by atoms with van der Waals surface area (Å²) in [6, 6.07) is 3.05. The van der Waals surface area contributed by atoms with Crippen molar-refractivity contribution in [3.63, 3.8) is 0 Å². The number of hydrogen-bond donors (Lipinski definition) is 0. The Morgan fingerprint density at radius 3 is 2.73 bits per heavy atom. The topological polar surface area (TPSA) is 0 Å². The lowest BCUT2D eigenvalue weighted by molar-refractivity contribution is 0.626. The molecule has 0 aliphatic rings. The number of thioether (sulfide) groups is 1. The molecule has 0 aliphatic heterocycles. The number of rotatable bonds is 1. The summed E-state index contributed by atoms with van der Waals surface area (Å²) in [5, 5.41) is 0.150. The molecule has 0 N–H and O–H groups in total. The van der Waals surface area contributed by atoms with Gasteiger partial charge in [0, 0.05) is 4.90 Å². The van der Waals surface area contributed by atoms with E-state index in [2.05, 4.69) is 15.9 Å². The van der Waals surface area contributed by atoms with Gasteiger partial charge in [0.25, 0.3) is 0 Å². The van der Waals surface area contributed by atoms with E-state index in [1.165, 1.54) is 17.8 Å². The van der Waals surface area contributed by atoms with E-state index in [-0.39, 0.29) is 5.02 Å². The van der Waals surface area contributed by atoms with Crippen LogP contribution >= 0.6 is 39.3 Å². The molecule has 0 spiro atoms. The summed E-state index contributed by atoms with van der Waals surface area (Å²) in [7, 11) is 0. The van der Waals surface area contributed by atoms with Gasteiger partial charge in [0.05, 0.1) is 9.50 Å². The van der Waals surface area contributed by atoms with Crippen LogP contribution in [0.1, 0.15) is 0 Å². The fraction of sp³-hybridized carbons (Fsp3) is 0.143. The van der Waals surface area contributed by atoms with Crippen LogP contribution < -0.4 is 0 Å². The minimum atomic E-state index is -0.392. The van der Waals surface area contributed by atoms with Crippen LogP contribution in [0.15, 0.2) is 21.5 Å². The smallest absolute Gasteiger partial charge is 0.143 e. The molecule has 0 nitrogen and oxygen atoms in total. The van der Waals surface area contributed by atoms with Gasteiger partial charge in [-0.2, -0.15) is 0 Å². The zero-order chi connectivity index (χ0) is 8.43. The van der Waals surface area contributed by atoms with E-state index in [4.69, 9.17) is 11.6 Å². The highest BCUT2D eigenvalue weighted by Gasteiger charge is 2.07. The molecular weight excluding hydrogens is 250 g/mol. The van der Waals surface area contributed by atoms with Crippen LogP contribution in [0.25, 0.3) is 0 Å².